The fraction of sp³-hybridized carbons (Fsp3) is 0.211. The Hall–Kier alpha value is -3.35. The lowest BCUT2D eigenvalue weighted by molar-refractivity contribution is 0.102. The van der Waals surface area contributed by atoms with Crippen molar-refractivity contribution < 1.29 is 18.8 Å². The maximum absolute atomic E-state index is 12.3. The number of aromatic nitrogens is 2. The molecular formula is C19H19N3O4. The highest BCUT2D eigenvalue weighted by Crippen LogP contribution is 2.18. The molecule has 0 bridgehead atoms. The molecule has 7 heteroatoms. The van der Waals surface area contributed by atoms with E-state index in [1.54, 1.807) is 43.3 Å². The lowest BCUT2D eigenvalue weighted by atomic mass is 10.2. The summed E-state index contributed by atoms with van der Waals surface area (Å²) in [6.45, 7) is 4.45. The molecule has 1 amide bonds. The monoisotopic (exact) mass is 353 g/mol. The molecule has 1 N–H and O–H groups in total. The molecular weight excluding hydrogens is 334 g/mol. The Balaban J connectivity index is 1.56. The number of carbonyl (C=O) groups excluding carboxylic acids is 1. The number of ether oxygens (including phenoxy) is 2. The molecule has 26 heavy (non-hydrogen) atoms. The van der Waals surface area contributed by atoms with Gasteiger partial charge in [-0.1, -0.05) is 5.16 Å². The van der Waals surface area contributed by atoms with Gasteiger partial charge in [0.15, 0.2) is 6.61 Å². The highest BCUT2D eigenvalue weighted by atomic mass is 16.5. The van der Waals surface area contributed by atoms with Crippen LogP contribution in [-0.4, -0.2) is 22.7 Å². The van der Waals surface area contributed by atoms with Gasteiger partial charge in [-0.25, -0.2) is 0 Å². The van der Waals surface area contributed by atoms with Crippen LogP contribution in [0.4, 0.5) is 5.69 Å². The number of benzene rings is 2. The number of hydrogen-bond acceptors (Lipinski definition) is 6. The van der Waals surface area contributed by atoms with Crippen molar-refractivity contribution in [2.75, 3.05) is 11.9 Å². The van der Waals surface area contributed by atoms with Crippen molar-refractivity contribution in [2.24, 2.45) is 0 Å². The highest BCUT2D eigenvalue weighted by molar-refractivity contribution is 6.04. The summed E-state index contributed by atoms with van der Waals surface area (Å²) in [7, 11) is 0. The van der Waals surface area contributed by atoms with Gasteiger partial charge >= 0.3 is 0 Å². The number of aryl methyl sites for hydroxylation is 1. The normalized spacial score (nSPS) is 10.4. The minimum Gasteiger partial charge on any atom is -0.494 e. The Morgan fingerprint density at radius 3 is 2.31 bits per heavy atom. The summed E-state index contributed by atoms with van der Waals surface area (Å²) in [5.41, 5.74) is 1.23. The molecule has 134 valence electrons. The van der Waals surface area contributed by atoms with Crippen molar-refractivity contribution in [3.8, 4) is 11.5 Å². The maximum Gasteiger partial charge on any atom is 0.255 e. The summed E-state index contributed by atoms with van der Waals surface area (Å²) in [6, 6.07) is 14.1. The second-order valence-corrected chi connectivity index (χ2v) is 5.45. The van der Waals surface area contributed by atoms with E-state index in [-0.39, 0.29) is 12.5 Å². The largest absolute Gasteiger partial charge is 0.494 e. The van der Waals surface area contributed by atoms with Gasteiger partial charge in [0.2, 0.25) is 11.7 Å². The van der Waals surface area contributed by atoms with Gasteiger partial charge in [-0.2, -0.15) is 4.98 Å². The first-order valence-electron chi connectivity index (χ1n) is 8.20. The fourth-order valence-corrected chi connectivity index (χ4v) is 2.25. The second kappa shape index (κ2) is 8.15. The zero-order chi connectivity index (χ0) is 18.4. The second-order valence-electron chi connectivity index (χ2n) is 5.45. The summed E-state index contributed by atoms with van der Waals surface area (Å²) in [5.74, 6) is 2.15. The van der Waals surface area contributed by atoms with Gasteiger partial charge in [0, 0.05) is 18.2 Å². The molecule has 3 aromatic rings. The predicted molar refractivity (Wildman–Crippen MR) is 95.4 cm³/mol. The van der Waals surface area contributed by atoms with E-state index < -0.39 is 0 Å². The van der Waals surface area contributed by atoms with E-state index in [0.29, 0.717) is 35.3 Å². The number of rotatable bonds is 7. The molecule has 0 saturated carbocycles. The molecule has 0 fully saturated rings. The van der Waals surface area contributed by atoms with Crippen molar-refractivity contribution >= 4 is 11.6 Å². The smallest absolute Gasteiger partial charge is 0.255 e. The molecule has 1 aromatic heterocycles. The average Bonchev–Trinajstić information content (AvgIpc) is 3.07. The molecule has 0 saturated heterocycles. The van der Waals surface area contributed by atoms with Crippen molar-refractivity contribution in [3.05, 3.63) is 65.8 Å². The van der Waals surface area contributed by atoms with Crippen LogP contribution in [0.1, 0.15) is 29.0 Å². The molecule has 0 atom stereocenters. The quantitative estimate of drug-likeness (QED) is 0.698. The van der Waals surface area contributed by atoms with Crippen LogP contribution in [0.3, 0.4) is 0 Å². The Kier molecular flexibility index (Phi) is 5.48. The van der Waals surface area contributed by atoms with Crippen LogP contribution in [0.15, 0.2) is 53.1 Å². The topological polar surface area (TPSA) is 86.5 Å². The zero-order valence-electron chi connectivity index (χ0n) is 14.6. The first kappa shape index (κ1) is 17.5. The van der Waals surface area contributed by atoms with E-state index in [0.717, 1.165) is 5.75 Å². The summed E-state index contributed by atoms with van der Waals surface area (Å²) < 4.78 is 15.8. The van der Waals surface area contributed by atoms with Crippen LogP contribution in [0.2, 0.25) is 0 Å². The van der Waals surface area contributed by atoms with Crippen LogP contribution < -0.4 is 14.8 Å². The summed E-state index contributed by atoms with van der Waals surface area (Å²) in [6.07, 6.45) is 0. The molecule has 0 aliphatic heterocycles. The van der Waals surface area contributed by atoms with Gasteiger partial charge in [0.25, 0.3) is 5.91 Å². The first-order valence-corrected chi connectivity index (χ1v) is 8.20. The van der Waals surface area contributed by atoms with E-state index in [4.69, 9.17) is 14.0 Å². The number of hydrogen-bond donors (Lipinski definition) is 1. The lowest BCUT2D eigenvalue weighted by Crippen LogP contribution is -2.11. The minimum absolute atomic E-state index is 0.200. The molecule has 7 nitrogen and oxygen atoms in total. The van der Waals surface area contributed by atoms with Gasteiger partial charge in [-0.3, -0.25) is 4.79 Å². The van der Waals surface area contributed by atoms with Gasteiger partial charge in [0.1, 0.15) is 11.5 Å². The molecule has 0 spiro atoms. The Labute approximate surface area is 150 Å². The SMILES string of the molecule is CCOc1ccc(NC(=O)c2ccc(OCc3noc(C)n3)cc2)cc1. The summed E-state index contributed by atoms with van der Waals surface area (Å²) >= 11 is 0. The number of carbonyl (C=O) groups is 1. The van der Waals surface area contributed by atoms with Gasteiger partial charge < -0.3 is 19.3 Å². The highest BCUT2D eigenvalue weighted by Gasteiger charge is 2.08. The number of anilines is 1. The number of nitrogens with one attached hydrogen (secondary N) is 1. The van der Waals surface area contributed by atoms with Crippen molar-refractivity contribution in [1.29, 1.82) is 0 Å². The van der Waals surface area contributed by atoms with Gasteiger partial charge in [-0.05, 0) is 55.5 Å². The first-order chi connectivity index (χ1) is 12.6. The van der Waals surface area contributed by atoms with E-state index >= 15 is 0 Å². The van der Waals surface area contributed by atoms with Crippen molar-refractivity contribution in [1.82, 2.24) is 10.1 Å². The standard InChI is InChI=1S/C19H19N3O4/c1-3-24-16-10-6-15(7-11-16)21-19(23)14-4-8-17(9-5-14)25-12-18-20-13(2)26-22-18/h4-11H,3,12H2,1-2H3,(H,21,23). The van der Waals surface area contributed by atoms with Gasteiger partial charge in [0.05, 0.1) is 6.61 Å². The number of nitrogens with zero attached hydrogens (tertiary/aromatic N) is 2. The van der Waals surface area contributed by atoms with Crippen molar-refractivity contribution in [3.63, 3.8) is 0 Å². The molecule has 1 heterocycles. The maximum atomic E-state index is 12.3. The minimum atomic E-state index is -0.200. The Morgan fingerprint density at radius 1 is 1.04 bits per heavy atom. The third-order valence-corrected chi connectivity index (χ3v) is 3.48. The van der Waals surface area contributed by atoms with Crippen LogP contribution >= 0.6 is 0 Å². The molecule has 0 radical (unpaired) electrons. The van der Waals surface area contributed by atoms with E-state index in [1.807, 2.05) is 19.1 Å². The average molecular weight is 353 g/mol. The van der Waals surface area contributed by atoms with E-state index in [9.17, 15) is 4.79 Å². The molecule has 3 rings (SSSR count). The number of amides is 1. The Bertz CT molecular complexity index is 857. The summed E-state index contributed by atoms with van der Waals surface area (Å²) in [4.78, 5) is 16.4. The van der Waals surface area contributed by atoms with E-state index in [1.165, 1.54) is 0 Å². The van der Waals surface area contributed by atoms with E-state index in [2.05, 4.69) is 15.5 Å². The summed E-state index contributed by atoms with van der Waals surface area (Å²) in [5, 5.41) is 6.60. The molecule has 0 aliphatic rings. The third-order valence-electron chi connectivity index (χ3n) is 3.48. The van der Waals surface area contributed by atoms with Crippen LogP contribution in [0, 0.1) is 6.92 Å². The Morgan fingerprint density at radius 2 is 1.69 bits per heavy atom. The van der Waals surface area contributed by atoms with Crippen LogP contribution in [-0.2, 0) is 6.61 Å². The van der Waals surface area contributed by atoms with Crippen LogP contribution in [0.5, 0.6) is 11.5 Å². The molecule has 2 aromatic carbocycles. The molecule has 0 aliphatic carbocycles. The molecule has 0 unspecified atom stereocenters. The zero-order valence-corrected chi connectivity index (χ0v) is 14.6. The fourth-order valence-electron chi connectivity index (χ4n) is 2.25. The third kappa shape index (κ3) is 4.60. The van der Waals surface area contributed by atoms with Gasteiger partial charge in [-0.15, -0.1) is 0 Å². The predicted octanol–water partition coefficient (Wildman–Crippen LogP) is 3.61. The van der Waals surface area contributed by atoms with Crippen LogP contribution in [0.25, 0.3) is 0 Å². The lowest BCUT2D eigenvalue weighted by Gasteiger charge is -2.08. The van der Waals surface area contributed by atoms with Crippen molar-refractivity contribution in [2.45, 2.75) is 20.5 Å².